The molecule has 1 amide bonds. The van der Waals surface area contributed by atoms with E-state index in [9.17, 15) is 4.79 Å². The lowest BCUT2D eigenvalue weighted by molar-refractivity contribution is -0.126. The van der Waals surface area contributed by atoms with Crippen LogP contribution in [0, 0.1) is 0 Å². The van der Waals surface area contributed by atoms with Crippen LogP contribution >= 0.6 is 11.8 Å². The molecule has 2 aromatic rings. The predicted octanol–water partition coefficient (Wildman–Crippen LogP) is 3.24. The second kappa shape index (κ2) is 5.37. The number of hydrogen-bond donors (Lipinski definition) is 0. The van der Waals surface area contributed by atoms with Gasteiger partial charge in [0.2, 0.25) is 5.91 Å². The quantitative estimate of drug-likeness (QED) is 0.865. The number of hydrogen-bond acceptors (Lipinski definition) is 2. The third-order valence-electron chi connectivity index (χ3n) is 3.76. The maximum absolute atomic E-state index is 11.6. The van der Waals surface area contributed by atoms with Gasteiger partial charge in [-0.3, -0.25) is 4.79 Å². The molecule has 0 aliphatic carbocycles. The average molecular weight is 286 g/mol. The van der Waals surface area contributed by atoms with Crippen molar-refractivity contribution in [2.45, 2.75) is 18.7 Å². The number of aryl methyl sites for hydroxylation is 1. The summed E-state index contributed by atoms with van der Waals surface area (Å²) in [7, 11) is 1.88. The zero-order valence-electron chi connectivity index (χ0n) is 11.7. The normalized spacial score (nSPS) is 18.8. The summed E-state index contributed by atoms with van der Waals surface area (Å²) in [4.78, 5) is 13.5. The smallest absolute Gasteiger partial charge is 0.233 e. The lowest BCUT2D eigenvalue weighted by Gasteiger charge is -2.17. The van der Waals surface area contributed by atoms with Crippen LogP contribution in [-0.4, -0.2) is 28.2 Å². The Hall–Kier alpha value is -1.68. The van der Waals surface area contributed by atoms with Crippen molar-refractivity contribution in [1.29, 1.82) is 0 Å². The van der Waals surface area contributed by atoms with Crippen molar-refractivity contribution < 1.29 is 4.79 Å². The van der Waals surface area contributed by atoms with Gasteiger partial charge in [0.15, 0.2) is 0 Å². The van der Waals surface area contributed by atoms with Crippen molar-refractivity contribution in [1.82, 2.24) is 9.47 Å². The van der Waals surface area contributed by atoms with E-state index >= 15 is 0 Å². The van der Waals surface area contributed by atoms with E-state index in [1.165, 1.54) is 16.8 Å². The molecule has 0 saturated carbocycles. The van der Waals surface area contributed by atoms with E-state index in [1.54, 1.807) is 11.8 Å². The van der Waals surface area contributed by atoms with E-state index < -0.39 is 0 Å². The molecule has 1 unspecified atom stereocenters. The van der Waals surface area contributed by atoms with Gasteiger partial charge in [-0.2, -0.15) is 0 Å². The molecule has 0 radical (unpaired) electrons. The molecule has 104 valence electrons. The second-order valence-electron chi connectivity index (χ2n) is 5.00. The van der Waals surface area contributed by atoms with E-state index in [-0.39, 0.29) is 11.3 Å². The highest BCUT2D eigenvalue weighted by molar-refractivity contribution is 8.00. The fourth-order valence-electron chi connectivity index (χ4n) is 2.59. The average Bonchev–Trinajstić information content (AvgIpc) is 3.07. The van der Waals surface area contributed by atoms with Crippen molar-refractivity contribution in [2.75, 3.05) is 12.8 Å². The van der Waals surface area contributed by atoms with Gasteiger partial charge < -0.3 is 9.47 Å². The first-order valence-electron chi connectivity index (χ1n) is 6.84. The van der Waals surface area contributed by atoms with Gasteiger partial charge in [0, 0.05) is 30.7 Å². The molecule has 0 bridgehead atoms. The Kier molecular flexibility index (Phi) is 3.57. The van der Waals surface area contributed by atoms with E-state index in [0.717, 1.165) is 6.42 Å². The highest BCUT2D eigenvalue weighted by Crippen LogP contribution is 2.37. The molecule has 1 aliphatic heterocycles. The summed E-state index contributed by atoms with van der Waals surface area (Å²) in [6, 6.07) is 10.5. The number of carbonyl (C=O) groups excluding carboxylic acids is 1. The number of benzene rings is 1. The molecule has 3 nitrogen and oxygen atoms in total. The number of thioether (sulfide) groups is 1. The number of amides is 1. The number of rotatable bonds is 3. The van der Waals surface area contributed by atoms with Crippen molar-refractivity contribution in [3.05, 3.63) is 53.9 Å². The largest absolute Gasteiger partial charge is 0.329 e. The molecule has 0 spiro atoms. The molecule has 4 heteroatoms. The topological polar surface area (TPSA) is 25.2 Å². The van der Waals surface area contributed by atoms with Crippen molar-refractivity contribution in [3.8, 4) is 5.69 Å². The van der Waals surface area contributed by atoms with Crippen molar-refractivity contribution >= 4 is 17.7 Å². The standard InChI is InChI=1S/C16H18N2OS/c1-3-12-6-4-5-7-14(12)18-9-8-13(10-18)16-17(2)15(19)11-20-16/h4-10,16H,3,11H2,1-2H3. The second-order valence-corrected chi connectivity index (χ2v) is 6.07. The summed E-state index contributed by atoms with van der Waals surface area (Å²) in [5.74, 6) is 0.791. The van der Waals surface area contributed by atoms with Crippen LogP contribution in [0.25, 0.3) is 5.69 Å². The number of aromatic nitrogens is 1. The van der Waals surface area contributed by atoms with Gasteiger partial charge in [0.25, 0.3) is 0 Å². The molecular weight excluding hydrogens is 268 g/mol. The van der Waals surface area contributed by atoms with Gasteiger partial charge in [-0.1, -0.05) is 25.1 Å². The molecular formula is C16H18N2OS. The maximum Gasteiger partial charge on any atom is 0.233 e. The minimum atomic E-state index is 0.150. The Morgan fingerprint density at radius 2 is 2.10 bits per heavy atom. The summed E-state index contributed by atoms with van der Waals surface area (Å²) >= 11 is 1.69. The lowest BCUT2D eigenvalue weighted by Crippen LogP contribution is -2.22. The molecule has 2 heterocycles. The van der Waals surface area contributed by atoms with Crippen LogP contribution in [0.1, 0.15) is 23.4 Å². The lowest BCUT2D eigenvalue weighted by atomic mass is 10.1. The first-order chi connectivity index (χ1) is 9.70. The molecule has 1 aromatic carbocycles. The summed E-state index contributed by atoms with van der Waals surface area (Å²) < 4.78 is 2.16. The van der Waals surface area contributed by atoms with Crippen LogP contribution in [0.4, 0.5) is 0 Å². The molecule has 0 N–H and O–H groups in total. The summed E-state index contributed by atoms with van der Waals surface area (Å²) in [5, 5.41) is 0.150. The van der Waals surface area contributed by atoms with E-state index in [1.807, 2.05) is 11.9 Å². The Morgan fingerprint density at radius 1 is 1.30 bits per heavy atom. The minimum absolute atomic E-state index is 0.150. The fourth-order valence-corrected chi connectivity index (χ4v) is 3.76. The van der Waals surface area contributed by atoms with Gasteiger partial charge >= 0.3 is 0 Å². The molecule has 1 aromatic heterocycles. The number of nitrogens with zero attached hydrogens (tertiary/aromatic N) is 2. The third kappa shape index (κ3) is 2.24. The van der Waals surface area contributed by atoms with Gasteiger partial charge in [0.1, 0.15) is 5.37 Å². The first-order valence-corrected chi connectivity index (χ1v) is 7.89. The molecule has 3 rings (SSSR count). The zero-order chi connectivity index (χ0) is 14.1. The van der Waals surface area contributed by atoms with Gasteiger partial charge in [-0.25, -0.2) is 0 Å². The third-order valence-corrected chi connectivity index (χ3v) is 5.08. The number of carbonyl (C=O) groups is 1. The minimum Gasteiger partial charge on any atom is -0.329 e. The first kappa shape index (κ1) is 13.3. The molecule has 1 saturated heterocycles. The Morgan fingerprint density at radius 3 is 2.80 bits per heavy atom. The summed E-state index contributed by atoms with van der Waals surface area (Å²) in [5.41, 5.74) is 3.74. The summed E-state index contributed by atoms with van der Waals surface area (Å²) in [6.45, 7) is 2.17. The predicted molar refractivity (Wildman–Crippen MR) is 83.1 cm³/mol. The van der Waals surface area contributed by atoms with E-state index in [0.29, 0.717) is 5.75 Å². The number of para-hydroxylation sites is 1. The van der Waals surface area contributed by atoms with Crippen LogP contribution in [0.15, 0.2) is 42.7 Å². The maximum atomic E-state index is 11.6. The van der Waals surface area contributed by atoms with Gasteiger partial charge in [-0.15, -0.1) is 11.8 Å². The Labute approximate surface area is 123 Å². The monoisotopic (exact) mass is 286 g/mol. The van der Waals surface area contributed by atoms with Gasteiger partial charge in [-0.05, 0) is 24.1 Å². The summed E-state index contributed by atoms with van der Waals surface area (Å²) in [6.07, 6.45) is 5.24. The zero-order valence-corrected chi connectivity index (χ0v) is 12.6. The molecule has 1 fully saturated rings. The van der Waals surface area contributed by atoms with Gasteiger partial charge in [0.05, 0.1) is 5.75 Å². The Balaban J connectivity index is 1.92. The molecule has 1 aliphatic rings. The van der Waals surface area contributed by atoms with Crippen LogP contribution in [0.5, 0.6) is 0 Å². The fraction of sp³-hybridized carbons (Fsp3) is 0.312. The Bertz CT molecular complexity index is 635. The van der Waals surface area contributed by atoms with E-state index in [4.69, 9.17) is 0 Å². The van der Waals surface area contributed by atoms with Crippen LogP contribution < -0.4 is 0 Å². The highest BCUT2D eigenvalue weighted by atomic mass is 32.2. The van der Waals surface area contributed by atoms with Crippen molar-refractivity contribution in [3.63, 3.8) is 0 Å². The highest BCUT2D eigenvalue weighted by Gasteiger charge is 2.30. The van der Waals surface area contributed by atoms with Crippen LogP contribution in [0.3, 0.4) is 0 Å². The molecule has 1 atom stereocenters. The van der Waals surface area contributed by atoms with Crippen LogP contribution in [-0.2, 0) is 11.2 Å². The van der Waals surface area contributed by atoms with E-state index in [2.05, 4.69) is 54.2 Å². The van der Waals surface area contributed by atoms with Crippen LogP contribution in [0.2, 0.25) is 0 Å². The van der Waals surface area contributed by atoms with Crippen molar-refractivity contribution in [2.24, 2.45) is 0 Å². The molecule has 20 heavy (non-hydrogen) atoms. The SMILES string of the molecule is CCc1ccccc1-n1ccc(C2SCC(=O)N2C)c1.